The second-order valence-electron chi connectivity index (χ2n) is 7.57. The topological polar surface area (TPSA) is 98.0 Å². The van der Waals surface area contributed by atoms with Crippen LogP contribution in [0.5, 0.6) is 0 Å². The molecule has 1 fully saturated rings. The van der Waals surface area contributed by atoms with Gasteiger partial charge < -0.3 is 9.30 Å². The molecular weight excluding hydrogens is 549 g/mol. The Kier molecular flexibility index (Phi) is 7.31. The lowest BCUT2D eigenvalue weighted by molar-refractivity contribution is -0.143. The molecule has 8 nitrogen and oxygen atoms in total. The summed E-state index contributed by atoms with van der Waals surface area (Å²) >= 11 is 4.63. The van der Waals surface area contributed by atoms with Crippen LogP contribution in [-0.2, 0) is 30.9 Å². The van der Waals surface area contributed by atoms with Gasteiger partial charge >= 0.3 is 5.97 Å². The Labute approximate surface area is 207 Å². The molecule has 34 heavy (non-hydrogen) atoms. The van der Waals surface area contributed by atoms with Crippen LogP contribution in [0.3, 0.4) is 0 Å². The fraction of sp³-hybridized carbons (Fsp3) is 0.318. The Morgan fingerprint density at radius 3 is 2.68 bits per heavy atom. The minimum Gasteiger partial charge on any atom is -0.465 e. The van der Waals surface area contributed by atoms with Crippen LogP contribution in [0.2, 0.25) is 0 Å². The number of thiazole rings is 1. The normalized spacial score (nSPS) is 17.4. The first-order valence-corrected chi connectivity index (χ1v) is 13.6. The number of rotatable bonds is 6. The van der Waals surface area contributed by atoms with Crippen LogP contribution in [-0.4, -0.2) is 48.4 Å². The van der Waals surface area contributed by atoms with E-state index in [1.165, 1.54) is 23.5 Å². The molecule has 1 aliphatic rings. The van der Waals surface area contributed by atoms with Gasteiger partial charge in [-0.25, -0.2) is 12.8 Å². The molecular formula is C22H21BrFN3O5S2. The van der Waals surface area contributed by atoms with Crippen molar-refractivity contribution in [2.75, 3.05) is 13.2 Å². The lowest BCUT2D eigenvalue weighted by atomic mass is 10.2. The minimum absolute atomic E-state index is 0.0855. The monoisotopic (exact) mass is 569 g/mol. The summed E-state index contributed by atoms with van der Waals surface area (Å²) in [4.78, 5) is 29.8. The van der Waals surface area contributed by atoms with Crippen LogP contribution in [0, 0.1) is 5.82 Å². The summed E-state index contributed by atoms with van der Waals surface area (Å²) in [6.07, 6.45) is 0.811. The molecule has 0 N–H and O–H groups in total. The molecule has 180 valence electrons. The third kappa shape index (κ3) is 4.99. The summed E-state index contributed by atoms with van der Waals surface area (Å²) in [5.74, 6) is -1.64. The zero-order chi connectivity index (χ0) is 24.5. The fourth-order valence-corrected chi connectivity index (χ4v) is 7.04. The van der Waals surface area contributed by atoms with E-state index in [4.69, 9.17) is 4.74 Å². The average Bonchev–Trinajstić information content (AvgIpc) is 3.40. The summed E-state index contributed by atoms with van der Waals surface area (Å²) in [7, 11) is -4.01. The first kappa shape index (κ1) is 24.7. The van der Waals surface area contributed by atoms with E-state index in [-0.39, 0.29) is 29.4 Å². The van der Waals surface area contributed by atoms with Gasteiger partial charge in [0, 0.05) is 11.0 Å². The average molecular weight is 570 g/mol. The number of nitrogens with zero attached hydrogens (tertiary/aromatic N) is 3. The van der Waals surface area contributed by atoms with Crippen LogP contribution < -0.4 is 4.80 Å². The summed E-state index contributed by atoms with van der Waals surface area (Å²) < 4.78 is 48.9. The van der Waals surface area contributed by atoms with Crippen LogP contribution in [0.25, 0.3) is 10.2 Å². The van der Waals surface area contributed by atoms with Gasteiger partial charge in [0.2, 0.25) is 10.0 Å². The van der Waals surface area contributed by atoms with Crippen molar-refractivity contribution in [2.45, 2.75) is 37.2 Å². The van der Waals surface area contributed by atoms with Gasteiger partial charge in [-0.1, -0.05) is 27.3 Å². The van der Waals surface area contributed by atoms with Gasteiger partial charge in [0.15, 0.2) is 4.80 Å². The van der Waals surface area contributed by atoms with Crippen LogP contribution in [0.4, 0.5) is 4.39 Å². The number of halogens is 2. The molecule has 4 rings (SSSR count). The molecule has 0 aliphatic carbocycles. The van der Waals surface area contributed by atoms with Gasteiger partial charge in [-0.05, 0) is 62.2 Å². The van der Waals surface area contributed by atoms with E-state index in [1.807, 2.05) is 12.1 Å². The van der Waals surface area contributed by atoms with E-state index in [0.717, 1.165) is 25.6 Å². The van der Waals surface area contributed by atoms with Gasteiger partial charge in [0.25, 0.3) is 5.91 Å². The Morgan fingerprint density at radius 2 is 1.97 bits per heavy atom. The van der Waals surface area contributed by atoms with Crippen molar-refractivity contribution in [1.82, 2.24) is 8.87 Å². The number of carbonyl (C=O) groups is 2. The van der Waals surface area contributed by atoms with E-state index >= 15 is 0 Å². The van der Waals surface area contributed by atoms with Crippen molar-refractivity contribution >= 4 is 59.4 Å². The molecule has 1 saturated heterocycles. The highest BCUT2D eigenvalue weighted by molar-refractivity contribution is 9.10. The smallest absolute Gasteiger partial charge is 0.326 e. The predicted octanol–water partition coefficient (Wildman–Crippen LogP) is 3.45. The van der Waals surface area contributed by atoms with Gasteiger partial charge in [-0.2, -0.15) is 9.30 Å². The van der Waals surface area contributed by atoms with Crippen molar-refractivity contribution in [2.24, 2.45) is 4.99 Å². The highest BCUT2D eigenvalue weighted by Gasteiger charge is 2.39. The molecule has 1 atom stereocenters. The van der Waals surface area contributed by atoms with Crippen molar-refractivity contribution in [3.63, 3.8) is 0 Å². The van der Waals surface area contributed by atoms with E-state index in [2.05, 4.69) is 20.9 Å². The lowest BCUT2D eigenvalue weighted by Crippen LogP contribution is -2.40. The number of benzene rings is 2. The number of hydrogen-bond donors (Lipinski definition) is 0. The van der Waals surface area contributed by atoms with E-state index in [9.17, 15) is 22.4 Å². The zero-order valence-corrected chi connectivity index (χ0v) is 21.3. The maximum atomic E-state index is 13.3. The molecule has 0 saturated carbocycles. The van der Waals surface area contributed by atoms with Crippen molar-refractivity contribution < 1.29 is 27.1 Å². The van der Waals surface area contributed by atoms with Crippen molar-refractivity contribution in [1.29, 1.82) is 0 Å². The number of sulfonamides is 1. The van der Waals surface area contributed by atoms with Crippen molar-refractivity contribution in [3.8, 4) is 0 Å². The summed E-state index contributed by atoms with van der Waals surface area (Å²) in [6.45, 7) is 1.95. The van der Waals surface area contributed by atoms with Crippen molar-refractivity contribution in [3.05, 3.63) is 57.6 Å². The van der Waals surface area contributed by atoms with Gasteiger partial charge in [0.05, 0.1) is 21.7 Å². The highest BCUT2D eigenvalue weighted by atomic mass is 79.9. The number of hydrogen-bond acceptors (Lipinski definition) is 6. The molecule has 1 aliphatic heterocycles. The second kappa shape index (κ2) is 10.1. The van der Waals surface area contributed by atoms with Gasteiger partial charge in [-0.15, -0.1) is 0 Å². The number of esters is 1. The number of fused-ring (bicyclic) bond motifs is 1. The third-order valence-corrected chi connectivity index (χ3v) is 8.81. The van der Waals surface area contributed by atoms with E-state index < -0.39 is 33.8 Å². The molecule has 2 aromatic carbocycles. The molecule has 0 radical (unpaired) electrons. The maximum absolute atomic E-state index is 13.3. The number of aromatic nitrogens is 1. The number of amides is 1. The molecule has 3 aromatic rings. The lowest BCUT2D eigenvalue weighted by Gasteiger charge is -2.21. The predicted molar refractivity (Wildman–Crippen MR) is 128 cm³/mol. The fourth-order valence-electron chi connectivity index (χ4n) is 3.81. The minimum atomic E-state index is -4.01. The maximum Gasteiger partial charge on any atom is 0.326 e. The molecule has 0 bridgehead atoms. The standard InChI is InChI=1S/C22H21BrFN3O5S2/c1-2-32-20(28)13-26-17-10-5-14(23)12-19(17)33-22(26)25-21(29)18-4-3-11-27(18)34(30,31)16-8-6-15(24)7-9-16/h5-10,12,18H,2-4,11,13H2,1H3. The quantitative estimate of drug-likeness (QED) is 0.423. The van der Waals surface area contributed by atoms with Gasteiger partial charge in [-0.3, -0.25) is 9.59 Å². The zero-order valence-electron chi connectivity index (χ0n) is 18.1. The third-order valence-electron chi connectivity index (χ3n) is 5.35. The Hall–Kier alpha value is -2.41. The Morgan fingerprint density at radius 1 is 1.24 bits per heavy atom. The van der Waals surface area contributed by atoms with Crippen LogP contribution >= 0.6 is 27.3 Å². The Bertz CT molecular complexity index is 1420. The number of carbonyl (C=O) groups excluding carboxylic acids is 2. The van der Waals surface area contributed by atoms with Crippen LogP contribution in [0.15, 0.2) is 56.8 Å². The second-order valence-corrected chi connectivity index (χ2v) is 11.4. The largest absolute Gasteiger partial charge is 0.465 e. The summed E-state index contributed by atoms with van der Waals surface area (Å²) in [6, 6.07) is 8.98. The van der Waals surface area contributed by atoms with Gasteiger partial charge in [0.1, 0.15) is 18.4 Å². The highest BCUT2D eigenvalue weighted by Crippen LogP contribution is 2.27. The van der Waals surface area contributed by atoms with E-state index in [0.29, 0.717) is 18.4 Å². The summed E-state index contributed by atoms with van der Waals surface area (Å²) in [5.41, 5.74) is 0.704. The molecule has 12 heteroatoms. The first-order valence-electron chi connectivity index (χ1n) is 10.5. The molecule has 0 spiro atoms. The molecule has 1 unspecified atom stereocenters. The summed E-state index contributed by atoms with van der Waals surface area (Å²) in [5, 5.41) is 0. The number of ether oxygens (including phenoxy) is 1. The molecule has 2 heterocycles. The Balaban J connectivity index is 1.72. The SMILES string of the molecule is CCOC(=O)Cn1c(=NC(=O)C2CCCN2S(=O)(=O)c2ccc(F)cc2)sc2cc(Br)ccc21. The van der Waals surface area contributed by atoms with Crippen LogP contribution in [0.1, 0.15) is 19.8 Å². The molecule has 1 amide bonds. The first-order chi connectivity index (χ1) is 16.2. The molecule has 1 aromatic heterocycles. The van der Waals surface area contributed by atoms with E-state index in [1.54, 1.807) is 17.6 Å².